The summed E-state index contributed by atoms with van der Waals surface area (Å²) in [5, 5.41) is 3.37. The van der Waals surface area contributed by atoms with E-state index in [1.54, 1.807) is 36.4 Å². The number of rotatable bonds is 3. The predicted molar refractivity (Wildman–Crippen MR) is 75.4 cm³/mol. The molecule has 0 fully saturated rings. The molecule has 2 aromatic carbocycles. The lowest BCUT2D eigenvalue weighted by Crippen LogP contribution is -2.11. The number of nitrogens with one attached hydrogen (secondary N) is 1. The fraction of sp³-hybridized carbons (Fsp3) is 0.0714. The quantitative estimate of drug-likeness (QED) is 0.833. The van der Waals surface area contributed by atoms with Crippen LogP contribution in [-0.2, 0) is 5.88 Å². The van der Waals surface area contributed by atoms with Crippen LogP contribution in [0.3, 0.4) is 0 Å². The average molecular weight is 280 g/mol. The van der Waals surface area contributed by atoms with Crippen molar-refractivity contribution in [3.05, 3.63) is 64.7 Å². The van der Waals surface area contributed by atoms with Gasteiger partial charge in [0.25, 0.3) is 5.91 Å². The van der Waals surface area contributed by atoms with Crippen LogP contribution in [0.25, 0.3) is 0 Å². The van der Waals surface area contributed by atoms with Crippen LogP contribution < -0.4 is 5.32 Å². The molecule has 0 spiro atoms. The summed E-state index contributed by atoms with van der Waals surface area (Å²) in [6.45, 7) is 0. The Morgan fingerprint density at radius 3 is 2.61 bits per heavy atom. The van der Waals surface area contributed by atoms with Crippen LogP contribution in [0.4, 0.5) is 5.69 Å². The molecule has 0 saturated heterocycles. The summed E-state index contributed by atoms with van der Waals surface area (Å²) in [4.78, 5) is 12.0. The van der Waals surface area contributed by atoms with Crippen LogP contribution >= 0.6 is 23.2 Å². The van der Waals surface area contributed by atoms with Gasteiger partial charge in [-0.3, -0.25) is 4.79 Å². The molecule has 0 aliphatic carbocycles. The van der Waals surface area contributed by atoms with Crippen LogP contribution in [0.15, 0.2) is 48.5 Å². The number of alkyl halides is 1. The molecule has 1 N–H and O–H groups in total. The first-order valence-corrected chi connectivity index (χ1v) is 6.32. The molecule has 0 aliphatic heterocycles. The van der Waals surface area contributed by atoms with Crippen LogP contribution in [0.5, 0.6) is 0 Å². The largest absolute Gasteiger partial charge is 0.322 e. The predicted octanol–water partition coefficient (Wildman–Crippen LogP) is 4.33. The van der Waals surface area contributed by atoms with Crippen molar-refractivity contribution < 1.29 is 4.79 Å². The van der Waals surface area contributed by atoms with Crippen LogP contribution in [0.2, 0.25) is 5.02 Å². The van der Waals surface area contributed by atoms with Gasteiger partial charge in [-0.15, -0.1) is 11.6 Å². The molecule has 92 valence electrons. The van der Waals surface area contributed by atoms with Gasteiger partial charge in [-0.1, -0.05) is 29.8 Å². The zero-order valence-corrected chi connectivity index (χ0v) is 11.0. The molecular formula is C14H11Cl2NO. The second-order valence-corrected chi connectivity index (χ2v) is 4.50. The number of carbonyl (C=O) groups excluding carboxylic acids is 1. The highest BCUT2D eigenvalue weighted by molar-refractivity contribution is 6.31. The van der Waals surface area contributed by atoms with Crippen molar-refractivity contribution in [3.63, 3.8) is 0 Å². The van der Waals surface area contributed by atoms with Crippen molar-refractivity contribution in [2.75, 3.05) is 5.32 Å². The first-order valence-electron chi connectivity index (χ1n) is 5.41. The first-order chi connectivity index (χ1) is 8.69. The minimum absolute atomic E-state index is 0.177. The molecule has 0 saturated carbocycles. The zero-order valence-electron chi connectivity index (χ0n) is 9.49. The van der Waals surface area contributed by atoms with E-state index in [1.165, 1.54) is 0 Å². The molecule has 0 heterocycles. The lowest BCUT2D eigenvalue weighted by molar-refractivity contribution is 0.102. The summed E-state index contributed by atoms with van der Waals surface area (Å²) in [5.41, 5.74) is 2.16. The fourth-order valence-corrected chi connectivity index (χ4v) is 1.92. The summed E-state index contributed by atoms with van der Waals surface area (Å²) in [6.07, 6.45) is 0. The van der Waals surface area contributed by atoms with E-state index in [0.29, 0.717) is 22.2 Å². The Bertz CT molecular complexity index is 569. The number of benzene rings is 2. The van der Waals surface area contributed by atoms with Gasteiger partial charge in [0.2, 0.25) is 0 Å². The molecule has 18 heavy (non-hydrogen) atoms. The van der Waals surface area contributed by atoms with Gasteiger partial charge in [0.05, 0.1) is 0 Å². The molecule has 0 atom stereocenters. The number of hydrogen-bond acceptors (Lipinski definition) is 1. The van der Waals surface area contributed by atoms with Gasteiger partial charge in [-0.05, 0) is 35.9 Å². The van der Waals surface area contributed by atoms with Gasteiger partial charge in [0.1, 0.15) is 0 Å². The molecule has 2 nitrogen and oxygen atoms in total. The SMILES string of the molecule is O=C(Nc1cccc(Cl)c1)c1cccc(CCl)c1. The van der Waals surface area contributed by atoms with Crippen molar-refractivity contribution in [2.24, 2.45) is 0 Å². The van der Waals surface area contributed by atoms with Crippen molar-refractivity contribution in [3.8, 4) is 0 Å². The smallest absolute Gasteiger partial charge is 0.255 e. The standard InChI is InChI=1S/C14H11Cl2NO/c15-9-10-3-1-4-11(7-10)14(18)17-13-6-2-5-12(16)8-13/h1-8H,9H2,(H,17,18). The van der Waals surface area contributed by atoms with Gasteiger partial charge < -0.3 is 5.32 Å². The van der Waals surface area contributed by atoms with Crippen LogP contribution in [-0.4, -0.2) is 5.91 Å². The summed E-state index contributed by atoms with van der Waals surface area (Å²) in [5.74, 6) is 0.211. The minimum atomic E-state index is -0.177. The molecule has 0 aliphatic rings. The van der Waals surface area contributed by atoms with Crippen molar-refractivity contribution >= 4 is 34.8 Å². The Morgan fingerprint density at radius 1 is 1.11 bits per heavy atom. The molecule has 2 aromatic rings. The molecule has 0 bridgehead atoms. The van der Waals surface area contributed by atoms with Crippen molar-refractivity contribution in [2.45, 2.75) is 5.88 Å². The Balaban J connectivity index is 2.16. The van der Waals surface area contributed by atoms with E-state index in [2.05, 4.69) is 5.32 Å². The third-order valence-corrected chi connectivity index (χ3v) is 2.97. The van der Waals surface area contributed by atoms with E-state index in [9.17, 15) is 4.79 Å². The van der Waals surface area contributed by atoms with Gasteiger partial charge in [-0.2, -0.15) is 0 Å². The Labute approximate surface area is 116 Å². The van der Waals surface area contributed by atoms with Crippen molar-refractivity contribution in [1.82, 2.24) is 0 Å². The molecule has 2 rings (SSSR count). The van der Waals surface area contributed by atoms with E-state index in [0.717, 1.165) is 5.56 Å². The molecule has 1 amide bonds. The zero-order chi connectivity index (χ0) is 13.0. The first kappa shape index (κ1) is 12.9. The van der Waals surface area contributed by atoms with Gasteiger partial charge >= 0.3 is 0 Å². The highest BCUT2D eigenvalue weighted by Gasteiger charge is 2.06. The Hall–Kier alpha value is -1.51. The minimum Gasteiger partial charge on any atom is -0.322 e. The molecule has 0 unspecified atom stereocenters. The maximum Gasteiger partial charge on any atom is 0.255 e. The average Bonchev–Trinajstić information content (AvgIpc) is 2.39. The highest BCUT2D eigenvalue weighted by atomic mass is 35.5. The maximum absolute atomic E-state index is 12.0. The lowest BCUT2D eigenvalue weighted by atomic mass is 10.1. The number of halogens is 2. The second kappa shape index (κ2) is 5.89. The molecule has 0 radical (unpaired) electrons. The number of hydrogen-bond donors (Lipinski definition) is 1. The summed E-state index contributed by atoms with van der Waals surface area (Å²) in [6, 6.07) is 14.2. The highest BCUT2D eigenvalue weighted by Crippen LogP contribution is 2.16. The Kier molecular flexibility index (Phi) is 4.24. The van der Waals surface area contributed by atoms with E-state index in [-0.39, 0.29) is 5.91 Å². The fourth-order valence-electron chi connectivity index (χ4n) is 1.57. The number of amides is 1. The molecule has 0 aromatic heterocycles. The molecule has 4 heteroatoms. The maximum atomic E-state index is 12.0. The topological polar surface area (TPSA) is 29.1 Å². The Morgan fingerprint density at radius 2 is 1.89 bits per heavy atom. The van der Waals surface area contributed by atoms with Crippen LogP contribution in [0.1, 0.15) is 15.9 Å². The summed E-state index contributed by atoms with van der Waals surface area (Å²) < 4.78 is 0. The third-order valence-electron chi connectivity index (χ3n) is 2.43. The number of carbonyl (C=O) groups is 1. The normalized spacial score (nSPS) is 10.1. The van der Waals surface area contributed by atoms with Gasteiger partial charge in [0.15, 0.2) is 0 Å². The van der Waals surface area contributed by atoms with E-state index >= 15 is 0 Å². The van der Waals surface area contributed by atoms with E-state index in [1.807, 2.05) is 12.1 Å². The lowest BCUT2D eigenvalue weighted by Gasteiger charge is -2.06. The van der Waals surface area contributed by atoms with Crippen molar-refractivity contribution in [1.29, 1.82) is 0 Å². The van der Waals surface area contributed by atoms with Crippen LogP contribution in [0, 0.1) is 0 Å². The van der Waals surface area contributed by atoms with E-state index < -0.39 is 0 Å². The summed E-state index contributed by atoms with van der Waals surface area (Å²) in [7, 11) is 0. The number of anilines is 1. The molecular weight excluding hydrogens is 269 g/mol. The monoisotopic (exact) mass is 279 g/mol. The summed E-state index contributed by atoms with van der Waals surface area (Å²) >= 11 is 11.6. The third kappa shape index (κ3) is 3.25. The van der Waals surface area contributed by atoms with Gasteiger partial charge in [-0.25, -0.2) is 0 Å². The second-order valence-electron chi connectivity index (χ2n) is 3.80. The van der Waals surface area contributed by atoms with E-state index in [4.69, 9.17) is 23.2 Å². The van der Waals surface area contributed by atoms with Gasteiger partial charge in [0, 0.05) is 22.2 Å².